The van der Waals surface area contributed by atoms with Crippen LogP contribution in [0.2, 0.25) is 0 Å². The summed E-state index contributed by atoms with van der Waals surface area (Å²) in [7, 11) is 0. The van der Waals surface area contributed by atoms with Gasteiger partial charge in [0, 0.05) is 17.5 Å². The fourth-order valence-corrected chi connectivity index (χ4v) is 3.23. The molecule has 1 heterocycles. The molecule has 2 aromatic carbocycles. The quantitative estimate of drug-likeness (QED) is 0.608. The number of benzene rings is 2. The molecule has 3 aromatic rings. The molecule has 1 amide bonds. The maximum Gasteiger partial charge on any atom is 0.417 e. The van der Waals surface area contributed by atoms with E-state index in [1.54, 1.807) is 0 Å². The van der Waals surface area contributed by atoms with Crippen molar-refractivity contribution in [2.45, 2.75) is 12.6 Å². The Morgan fingerprint density at radius 2 is 1.81 bits per heavy atom. The molecule has 0 fully saturated rings. The number of alkyl halides is 3. The fraction of sp³-hybridized carbons (Fsp3) is 0.111. The van der Waals surface area contributed by atoms with Crippen LogP contribution in [0.15, 0.2) is 48.7 Å². The van der Waals surface area contributed by atoms with Gasteiger partial charge in [-0.25, -0.2) is 13.8 Å². The Morgan fingerprint density at radius 3 is 2.52 bits per heavy atom. The van der Waals surface area contributed by atoms with Crippen LogP contribution in [0.5, 0.6) is 0 Å². The van der Waals surface area contributed by atoms with Gasteiger partial charge in [-0.05, 0) is 29.8 Å². The first kappa shape index (κ1) is 19.0. The van der Waals surface area contributed by atoms with Crippen LogP contribution in [0.1, 0.15) is 26.4 Å². The summed E-state index contributed by atoms with van der Waals surface area (Å²) in [5.74, 6) is -2.87. The third-order valence-corrected chi connectivity index (χ3v) is 4.53. The average Bonchev–Trinajstić information content (AvgIpc) is 3.04. The Morgan fingerprint density at radius 1 is 1.07 bits per heavy atom. The molecular weight excluding hydrogens is 387 g/mol. The van der Waals surface area contributed by atoms with E-state index in [1.807, 2.05) is 0 Å². The van der Waals surface area contributed by atoms with E-state index in [2.05, 4.69) is 10.3 Å². The molecule has 1 N–H and O–H groups in total. The minimum Gasteiger partial charge on any atom is -0.298 e. The first-order valence-electron chi connectivity index (χ1n) is 7.60. The number of hydrogen-bond acceptors (Lipinski definition) is 3. The van der Waals surface area contributed by atoms with Crippen LogP contribution in [0.25, 0.3) is 0 Å². The normalized spacial score (nSPS) is 11.4. The summed E-state index contributed by atoms with van der Waals surface area (Å²) in [6.45, 7) is 0. The van der Waals surface area contributed by atoms with Crippen LogP contribution in [0, 0.1) is 11.6 Å². The monoisotopic (exact) mass is 398 g/mol. The number of rotatable bonds is 4. The van der Waals surface area contributed by atoms with Crippen molar-refractivity contribution in [1.29, 1.82) is 0 Å². The van der Waals surface area contributed by atoms with E-state index in [0.717, 1.165) is 35.6 Å². The Bertz CT molecular complexity index is 984. The topological polar surface area (TPSA) is 42.0 Å². The molecule has 0 bridgehead atoms. The molecule has 0 aliphatic rings. The van der Waals surface area contributed by atoms with Gasteiger partial charge in [0.05, 0.1) is 11.1 Å². The minimum absolute atomic E-state index is 0.106. The molecule has 27 heavy (non-hydrogen) atoms. The Labute approximate surface area is 154 Å². The first-order chi connectivity index (χ1) is 12.7. The van der Waals surface area contributed by atoms with E-state index in [-0.39, 0.29) is 11.6 Å². The lowest BCUT2D eigenvalue weighted by Gasteiger charge is -2.11. The summed E-state index contributed by atoms with van der Waals surface area (Å²) in [4.78, 5) is 16.8. The molecule has 0 saturated heterocycles. The SMILES string of the molecule is O=C(Nc1ncc(Cc2ccc(F)c(F)c2)s1)c1ccccc1C(F)(F)F. The lowest BCUT2D eigenvalue weighted by Crippen LogP contribution is -2.18. The highest BCUT2D eigenvalue weighted by molar-refractivity contribution is 7.15. The highest BCUT2D eigenvalue weighted by Crippen LogP contribution is 2.32. The number of nitrogens with zero attached hydrogens (tertiary/aromatic N) is 1. The summed E-state index contributed by atoms with van der Waals surface area (Å²) in [5.41, 5.74) is -1.05. The van der Waals surface area contributed by atoms with Crippen molar-refractivity contribution in [2.75, 3.05) is 5.32 Å². The molecule has 0 saturated carbocycles. The van der Waals surface area contributed by atoms with Gasteiger partial charge in [-0.1, -0.05) is 18.2 Å². The molecular formula is C18H11F5N2OS. The number of carbonyl (C=O) groups excluding carboxylic acids is 1. The zero-order valence-corrected chi connectivity index (χ0v) is 14.3. The van der Waals surface area contributed by atoms with Crippen molar-refractivity contribution >= 4 is 22.4 Å². The van der Waals surface area contributed by atoms with Crippen LogP contribution in [-0.4, -0.2) is 10.9 Å². The summed E-state index contributed by atoms with van der Waals surface area (Å²) in [5, 5.41) is 2.44. The molecule has 1 aromatic heterocycles. The second-order valence-corrected chi connectivity index (χ2v) is 6.67. The van der Waals surface area contributed by atoms with Gasteiger partial charge in [0.1, 0.15) is 0 Å². The Hall–Kier alpha value is -2.81. The Balaban J connectivity index is 1.74. The van der Waals surface area contributed by atoms with E-state index in [4.69, 9.17) is 0 Å². The van der Waals surface area contributed by atoms with Gasteiger partial charge in [0.15, 0.2) is 16.8 Å². The predicted octanol–water partition coefficient (Wildman–Crippen LogP) is 5.28. The number of halogens is 5. The average molecular weight is 398 g/mol. The second kappa shape index (κ2) is 7.43. The third-order valence-electron chi connectivity index (χ3n) is 3.61. The molecule has 9 heteroatoms. The first-order valence-corrected chi connectivity index (χ1v) is 8.42. The van der Waals surface area contributed by atoms with Crippen molar-refractivity contribution in [3.8, 4) is 0 Å². The van der Waals surface area contributed by atoms with E-state index in [0.29, 0.717) is 10.4 Å². The molecule has 0 unspecified atom stereocenters. The smallest absolute Gasteiger partial charge is 0.298 e. The predicted molar refractivity (Wildman–Crippen MR) is 90.7 cm³/mol. The highest BCUT2D eigenvalue weighted by atomic mass is 32.1. The van der Waals surface area contributed by atoms with Gasteiger partial charge < -0.3 is 0 Å². The number of amides is 1. The van der Waals surface area contributed by atoms with Crippen LogP contribution in [0.3, 0.4) is 0 Å². The van der Waals surface area contributed by atoms with E-state index in [1.165, 1.54) is 24.4 Å². The Kier molecular flexibility index (Phi) is 5.22. The largest absolute Gasteiger partial charge is 0.417 e. The van der Waals surface area contributed by atoms with Crippen molar-refractivity contribution in [3.05, 3.63) is 81.9 Å². The van der Waals surface area contributed by atoms with E-state index in [9.17, 15) is 26.7 Å². The fourth-order valence-electron chi connectivity index (χ4n) is 2.39. The zero-order chi connectivity index (χ0) is 19.6. The van der Waals surface area contributed by atoms with Crippen molar-refractivity contribution in [3.63, 3.8) is 0 Å². The molecule has 0 spiro atoms. The molecule has 0 aliphatic heterocycles. The van der Waals surface area contributed by atoms with Crippen LogP contribution in [-0.2, 0) is 12.6 Å². The minimum atomic E-state index is -4.66. The molecule has 0 aliphatic carbocycles. The standard InChI is InChI=1S/C18H11F5N2OS/c19-14-6-5-10(8-15(14)20)7-11-9-24-17(27-11)25-16(26)12-3-1-2-4-13(12)18(21,22)23/h1-6,8-9H,7H2,(H,24,25,26). The van der Waals surface area contributed by atoms with E-state index < -0.39 is 34.8 Å². The van der Waals surface area contributed by atoms with Crippen molar-refractivity contribution in [1.82, 2.24) is 4.98 Å². The maximum atomic E-state index is 13.2. The number of aromatic nitrogens is 1. The summed E-state index contributed by atoms with van der Waals surface area (Å²) in [6.07, 6.45) is -3.00. The summed E-state index contributed by atoms with van der Waals surface area (Å²) < 4.78 is 65.2. The molecule has 3 rings (SSSR count). The zero-order valence-electron chi connectivity index (χ0n) is 13.5. The van der Waals surface area contributed by atoms with Crippen LogP contribution in [0.4, 0.5) is 27.1 Å². The van der Waals surface area contributed by atoms with Crippen LogP contribution >= 0.6 is 11.3 Å². The van der Waals surface area contributed by atoms with Gasteiger partial charge in [-0.15, -0.1) is 11.3 Å². The molecule has 0 radical (unpaired) electrons. The second-order valence-electron chi connectivity index (χ2n) is 5.55. The van der Waals surface area contributed by atoms with Gasteiger partial charge in [-0.2, -0.15) is 13.2 Å². The molecule has 140 valence electrons. The van der Waals surface area contributed by atoms with Gasteiger partial charge >= 0.3 is 6.18 Å². The maximum absolute atomic E-state index is 13.2. The van der Waals surface area contributed by atoms with Crippen molar-refractivity contribution in [2.24, 2.45) is 0 Å². The van der Waals surface area contributed by atoms with Crippen molar-refractivity contribution < 1.29 is 26.7 Å². The number of anilines is 1. The number of hydrogen-bond donors (Lipinski definition) is 1. The summed E-state index contributed by atoms with van der Waals surface area (Å²) in [6, 6.07) is 7.90. The van der Waals surface area contributed by atoms with Gasteiger partial charge in [0.2, 0.25) is 0 Å². The lowest BCUT2D eigenvalue weighted by molar-refractivity contribution is -0.137. The highest BCUT2D eigenvalue weighted by Gasteiger charge is 2.34. The van der Waals surface area contributed by atoms with Gasteiger partial charge in [0.25, 0.3) is 5.91 Å². The number of nitrogens with one attached hydrogen (secondary N) is 1. The molecule has 0 atom stereocenters. The number of carbonyl (C=O) groups is 1. The van der Waals surface area contributed by atoms with Gasteiger partial charge in [-0.3, -0.25) is 10.1 Å². The number of thiazole rings is 1. The van der Waals surface area contributed by atoms with Crippen LogP contribution < -0.4 is 5.32 Å². The lowest BCUT2D eigenvalue weighted by atomic mass is 10.1. The molecule has 3 nitrogen and oxygen atoms in total. The third kappa shape index (κ3) is 4.48. The summed E-state index contributed by atoms with van der Waals surface area (Å²) >= 11 is 1.03. The van der Waals surface area contributed by atoms with E-state index >= 15 is 0 Å².